The number of aromatic nitrogens is 3. The summed E-state index contributed by atoms with van der Waals surface area (Å²) in [7, 11) is 1.66. The summed E-state index contributed by atoms with van der Waals surface area (Å²) in [6, 6.07) is 16.1. The van der Waals surface area contributed by atoms with Gasteiger partial charge in [-0.05, 0) is 44.2 Å². The molecule has 120 valence electrons. The summed E-state index contributed by atoms with van der Waals surface area (Å²) in [4.78, 5) is 4.77. The minimum absolute atomic E-state index is 0.0445. The average molecular weight is 318 g/mol. The summed E-state index contributed by atoms with van der Waals surface area (Å²) in [5, 5.41) is 8.87. The molecule has 1 unspecified atom stereocenters. The van der Waals surface area contributed by atoms with E-state index >= 15 is 0 Å². The molecule has 1 atom stereocenters. The van der Waals surface area contributed by atoms with Crippen LogP contribution in [0.4, 0.5) is 0 Å². The standard InChI is InChI=1S/C19H18N4O/c1-12-16-6-4-5-7-17(16)23-18(13(2)20-12)21-22-19(23)14-8-10-15(24-3)11-9-14/h4-11,13H,1-3H3. The molecule has 0 amide bonds. The zero-order valence-corrected chi connectivity index (χ0v) is 13.9. The fourth-order valence-corrected chi connectivity index (χ4v) is 3.12. The van der Waals surface area contributed by atoms with Gasteiger partial charge in [0.1, 0.15) is 11.8 Å². The Bertz CT molecular complexity index is 925. The first kappa shape index (κ1) is 14.6. The van der Waals surface area contributed by atoms with Gasteiger partial charge in [0.2, 0.25) is 0 Å². The molecule has 5 nitrogen and oxygen atoms in total. The van der Waals surface area contributed by atoms with Crippen molar-refractivity contribution >= 4 is 5.71 Å². The molecule has 0 spiro atoms. The maximum atomic E-state index is 5.25. The predicted molar refractivity (Wildman–Crippen MR) is 94.0 cm³/mol. The molecule has 2 aromatic carbocycles. The van der Waals surface area contributed by atoms with Crippen LogP contribution in [0.1, 0.15) is 31.3 Å². The smallest absolute Gasteiger partial charge is 0.168 e. The van der Waals surface area contributed by atoms with Gasteiger partial charge in [0.15, 0.2) is 11.6 Å². The SMILES string of the molecule is COc1ccc(-c2nnc3n2-c2ccccc2C(C)=NC3C)cc1. The first-order chi connectivity index (χ1) is 11.7. The molecule has 1 aromatic heterocycles. The van der Waals surface area contributed by atoms with Crippen molar-refractivity contribution in [2.24, 2.45) is 4.99 Å². The monoisotopic (exact) mass is 318 g/mol. The van der Waals surface area contributed by atoms with Crippen LogP contribution in [0.25, 0.3) is 17.1 Å². The number of nitrogens with zero attached hydrogens (tertiary/aromatic N) is 4. The number of fused-ring (bicyclic) bond motifs is 3. The van der Waals surface area contributed by atoms with Crippen LogP contribution in [0.2, 0.25) is 0 Å². The van der Waals surface area contributed by atoms with Crippen LogP contribution < -0.4 is 4.74 Å². The van der Waals surface area contributed by atoms with Crippen LogP contribution in [0, 0.1) is 0 Å². The number of benzene rings is 2. The Labute approximate surface area is 140 Å². The lowest BCUT2D eigenvalue weighted by Crippen LogP contribution is -2.05. The fourth-order valence-electron chi connectivity index (χ4n) is 3.12. The Morgan fingerprint density at radius 2 is 1.75 bits per heavy atom. The molecular weight excluding hydrogens is 300 g/mol. The molecule has 0 saturated heterocycles. The van der Waals surface area contributed by atoms with Gasteiger partial charge in [-0.25, -0.2) is 0 Å². The van der Waals surface area contributed by atoms with E-state index in [-0.39, 0.29) is 6.04 Å². The predicted octanol–water partition coefficient (Wildman–Crippen LogP) is 3.83. The summed E-state index contributed by atoms with van der Waals surface area (Å²) >= 11 is 0. The van der Waals surface area contributed by atoms with Gasteiger partial charge in [-0.1, -0.05) is 18.2 Å². The molecule has 3 aromatic rings. The third-order valence-electron chi connectivity index (χ3n) is 4.33. The minimum atomic E-state index is -0.0445. The van der Waals surface area contributed by atoms with Crippen LogP contribution >= 0.6 is 0 Å². The maximum absolute atomic E-state index is 5.25. The summed E-state index contributed by atoms with van der Waals surface area (Å²) in [6.45, 7) is 4.09. The molecule has 2 heterocycles. The van der Waals surface area contributed by atoms with E-state index in [1.165, 1.54) is 0 Å². The van der Waals surface area contributed by atoms with E-state index in [1.807, 2.05) is 50.2 Å². The van der Waals surface area contributed by atoms with E-state index in [0.29, 0.717) is 0 Å². The molecular formula is C19H18N4O. The third kappa shape index (κ3) is 2.21. The topological polar surface area (TPSA) is 52.3 Å². The number of hydrogen-bond acceptors (Lipinski definition) is 4. The summed E-state index contributed by atoms with van der Waals surface area (Å²) in [5.74, 6) is 2.49. The summed E-state index contributed by atoms with van der Waals surface area (Å²) in [5.41, 5.74) is 4.19. The van der Waals surface area contributed by atoms with Crippen LogP contribution in [0.3, 0.4) is 0 Å². The molecule has 0 fully saturated rings. The van der Waals surface area contributed by atoms with Crippen molar-refractivity contribution in [2.45, 2.75) is 19.9 Å². The normalized spacial score (nSPS) is 16.0. The van der Waals surface area contributed by atoms with Gasteiger partial charge in [-0.15, -0.1) is 10.2 Å². The number of rotatable bonds is 2. The Hall–Kier alpha value is -2.95. The highest BCUT2D eigenvalue weighted by Crippen LogP contribution is 2.32. The second-order valence-electron chi connectivity index (χ2n) is 5.85. The number of hydrogen-bond donors (Lipinski definition) is 0. The van der Waals surface area contributed by atoms with Crippen molar-refractivity contribution in [3.63, 3.8) is 0 Å². The molecule has 1 aliphatic rings. The van der Waals surface area contributed by atoms with Gasteiger partial charge in [-0.2, -0.15) is 0 Å². The number of aliphatic imine (C=N–C) groups is 1. The van der Waals surface area contributed by atoms with Crippen LogP contribution in [-0.2, 0) is 0 Å². The molecule has 24 heavy (non-hydrogen) atoms. The van der Waals surface area contributed by atoms with Crippen molar-refractivity contribution in [2.75, 3.05) is 7.11 Å². The van der Waals surface area contributed by atoms with Crippen molar-refractivity contribution in [3.8, 4) is 22.8 Å². The van der Waals surface area contributed by atoms with Gasteiger partial charge < -0.3 is 4.74 Å². The van der Waals surface area contributed by atoms with Gasteiger partial charge in [0, 0.05) is 16.8 Å². The number of para-hydroxylation sites is 1. The van der Waals surface area contributed by atoms with E-state index in [2.05, 4.69) is 26.9 Å². The fraction of sp³-hybridized carbons (Fsp3) is 0.211. The van der Waals surface area contributed by atoms with E-state index in [9.17, 15) is 0 Å². The molecule has 0 radical (unpaired) electrons. The lowest BCUT2D eigenvalue weighted by molar-refractivity contribution is 0.415. The van der Waals surface area contributed by atoms with Crippen LogP contribution in [0.5, 0.6) is 5.75 Å². The quantitative estimate of drug-likeness (QED) is 0.721. The highest BCUT2D eigenvalue weighted by molar-refractivity contribution is 6.02. The third-order valence-corrected chi connectivity index (χ3v) is 4.33. The van der Waals surface area contributed by atoms with E-state index in [1.54, 1.807) is 7.11 Å². The largest absolute Gasteiger partial charge is 0.497 e. The zero-order valence-electron chi connectivity index (χ0n) is 13.9. The molecule has 0 N–H and O–H groups in total. The summed E-state index contributed by atoms with van der Waals surface area (Å²) in [6.07, 6.45) is 0. The second-order valence-corrected chi connectivity index (χ2v) is 5.85. The Kier molecular flexibility index (Phi) is 3.41. The first-order valence-electron chi connectivity index (χ1n) is 7.93. The van der Waals surface area contributed by atoms with Crippen molar-refractivity contribution in [3.05, 3.63) is 59.9 Å². The van der Waals surface area contributed by atoms with E-state index < -0.39 is 0 Å². The average Bonchev–Trinajstić information content (AvgIpc) is 3.02. The lowest BCUT2D eigenvalue weighted by Gasteiger charge is -2.12. The molecule has 0 saturated carbocycles. The molecule has 0 bridgehead atoms. The van der Waals surface area contributed by atoms with Crippen LogP contribution in [0.15, 0.2) is 53.5 Å². The van der Waals surface area contributed by atoms with Gasteiger partial charge in [0.05, 0.1) is 12.8 Å². The first-order valence-corrected chi connectivity index (χ1v) is 7.93. The highest BCUT2D eigenvalue weighted by atomic mass is 16.5. The summed E-state index contributed by atoms with van der Waals surface area (Å²) < 4.78 is 7.36. The minimum Gasteiger partial charge on any atom is -0.497 e. The zero-order chi connectivity index (χ0) is 16.7. The Balaban J connectivity index is 1.96. The molecule has 4 rings (SSSR count). The molecule has 1 aliphatic heterocycles. The highest BCUT2D eigenvalue weighted by Gasteiger charge is 2.24. The van der Waals surface area contributed by atoms with E-state index in [0.717, 1.165) is 39.9 Å². The Morgan fingerprint density at radius 3 is 2.50 bits per heavy atom. The lowest BCUT2D eigenvalue weighted by atomic mass is 10.1. The van der Waals surface area contributed by atoms with E-state index in [4.69, 9.17) is 9.73 Å². The maximum Gasteiger partial charge on any atom is 0.168 e. The van der Waals surface area contributed by atoms with Crippen molar-refractivity contribution in [1.29, 1.82) is 0 Å². The van der Waals surface area contributed by atoms with Crippen molar-refractivity contribution in [1.82, 2.24) is 14.8 Å². The Morgan fingerprint density at radius 1 is 1.00 bits per heavy atom. The number of methoxy groups -OCH3 is 1. The van der Waals surface area contributed by atoms with Gasteiger partial charge >= 0.3 is 0 Å². The van der Waals surface area contributed by atoms with Crippen LogP contribution in [-0.4, -0.2) is 27.6 Å². The van der Waals surface area contributed by atoms with Gasteiger partial charge in [0.25, 0.3) is 0 Å². The molecule has 0 aliphatic carbocycles. The second kappa shape index (κ2) is 5.60. The van der Waals surface area contributed by atoms with Gasteiger partial charge in [-0.3, -0.25) is 9.56 Å². The van der Waals surface area contributed by atoms with Crippen molar-refractivity contribution < 1.29 is 4.74 Å². The number of ether oxygens (including phenoxy) is 1. The molecule has 5 heteroatoms.